The third-order valence-electron chi connectivity index (χ3n) is 2.96. The van der Waals surface area contributed by atoms with Gasteiger partial charge in [-0.15, -0.1) is 0 Å². The van der Waals surface area contributed by atoms with Crippen molar-refractivity contribution >= 4 is 11.0 Å². The highest BCUT2D eigenvalue weighted by Crippen LogP contribution is 2.19. The maximum Gasteiger partial charge on any atom is 0.107 e. The number of aromatic amines is 1. The third kappa shape index (κ3) is 2.09. The van der Waals surface area contributed by atoms with Crippen LogP contribution in [0.1, 0.15) is 37.6 Å². The van der Waals surface area contributed by atoms with Crippen LogP contribution in [0.3, 0.4) is 0 Å². The number of fused-ring (bicyclic) bond motifs is 1. The molecule has 3 heteroatoms. The van der Waals surface area contributed by atoms with E-state index in [2.05, 4.69) is 42.0 Å². The van der Waals surface area contributed by atoms with Gasteiger partial charge in [-0.1, -0.05) is 19.9 Å². The molecule has 0 saturated heterocycles. The molecule has 0 saturated carbocycles. The first-order chi connectivity index (χ1) is 7.74. The van der Waals surface area contributed by atoms with Crippen molar-refractivity contribution in [1.29, 1.82) is 0 Å². The fraction of sp³-hybridized carbons (Fsp3) is 0.462. The Labute approximate surface area is 96.1 Å². The lowest BCUT2D eigenvalue weighted by atomic mass is 10.0. The molecule has 3 N–H and O–H groups in total. The zero-order valence-corrected chi connectivity index (χ0v) is 9.96. The van der Waals surface area contributed by atoms with Gasteiger partial charge in [-0.3, -0.25) is 0 Å². The number of aromatic nitrogens is 2. The first-order valence-electron chi connectivity index (χ1n) is 5.93. The summed E-state index contributed by atoms with van der Waals surface area (Å²) in [4.78, 5) is 7.91. The zero-order valence-electron chi connectivity index (χ0n) is 9.96. The maximum absolute atomic E-state index is 5.68. The number of rotatable bonds is 4. The van der Waals surface area contributed by atoms with E-state index in [0.29, 0.717) is 12.5 Å². The lowest BCUT2D eigenvalue weighted by molar-refractivity contribution is 0.775. The molecule has 0 aliphatic rings. The van der Waals surface area contributed by atoms with Crippen LogP contribution < -0.4 is 5.73 Å². The molecule has 16 heavy (non-hydrogen) atoms. The molecule has 0 aliphatic heterocycles. The van der Waals surface area contributed by atoms with E-state index < -0.39 is 0 Å². The van der Waals surface area contributed by atoms with Crippen LogP contribution in [0.25, 0.3) is 11.0 Å². The van der Waals surface area contributed by atoms with E-state index in [1.807, 2.05) is 0 Å². The molecular formula is C13H19N3. The lowest BCUT2D eigenvalue weighted by Gasteiger charge is -2.07. The normalized spacial score (nSPS) is 13.2. The summed E-state index contributed by atoms with van der Waals surface area (Å²) in [6.45, 7) is 4.99. The Balaban J connectivity index is 2.37. The van der Waals surface area contributed by atoms with E-state index in [0.717, 1.165) is 29.7 Å². The lowest BCUT2D eigenvalue weighted by Crippen LogP contribution is -2.08. The van der Waals surface area contributed by atoms with Gasteiger partial charge in [0.25, 0.3) is 0 Å². The summed E-state index contributed by atoms with van der Waals surface area (Å²) >= 11 is 0. The minimum atomic E-state index is 0.405. The van der Waals surface area contributed by atoms with Crippen molar-refractivity contribution in [3.8, 4) is 0 Å². The maximum atomic E-state index is 5.68. The second-order valence-corrected chi connectivity index (χ2v) is 4.35. The number of nitrogens with two attached hydrogens (primary N) is 1. The van der Waals surface area contributed by atoms with Gasteiger partial charge in [0.15, 0.2) is 0 Å². The minimum absolute atomic E-state index is 0.405. The number of benzene rings is 1. The monoisotopic (exact) mass is 217 g/mol. The van der Waals surface area contributed by atoms with Gasteiger partial charge in [0, 0.05) is 6.42 Å². The van der Waals surface area contributed by atoms with Gasteiger partial charge >= 0.3 is 0 Å². The first-order valence-corrected chi connectivity index (χ1v) is 5.93. The van der Waals surface area contributed by atoms with Gasteiger partial charge in [0.05, 0.1) is 11.0 Å². The molecule has 1 unspecified atom stereocenters. The number of nitrogens with zero attached hydrogens (tertiary/aromatic N) is 1. The topological polar surface area (TPSA) is 54.7 Å². The number of imidazole rings is 1. The summed E-state index contributed by atoms with van der Waals surface area (Å²) in [5.74, 6) is 1.48. The molecular weight excluding hydrogens is 198 g/mol. The SMILES string of the molecule is CCCc1nc2ccc(C(C)CN)cc2[nH]1. The van der Waals surface area contributed by atoms with Crippen LogP contribution in [0.5, 0.6) is 0 Å². The molecule has 0 amide bonds. The van der Waals surface area contributed by atoms with E-state index >= 15 is 0 Å². The van der Waals surface area contributed by atoms with E-state index in [9.17, 15) is 0 Å². The molecule has 1 aromatic carbocycles. The largest absolute Gasteiger partial charge is 0.342 e. The Kier molecular flexibility index (Phi) is 3.25. The van der Waals surface area contributed by atoms with Gasteiger partial charge in [-0.05, 0) is 36.6 Å². The van der Waals surface area contributed by atoms with E-state index in [1.165, 1.54) is 5.56 Å². The highest BCUT2D eigenvalue weighted by Gasteiger charge is 2.06. The number of hydrogen-bond donors (Lipinski definition) is 2. The van der Waals surface area contributed by atoms with Gasteiger partial charge in [0.2, 0.25) is 0 Å². The first kappa shape index (κ1) is 11.1. The molecule has 0 aliphatic carbocycles. The fourth-order valence-electron chi connectivity index (χ4n) is 1.88. The predicted octanol–water partition coefficient (Wildman–Crippen LogP) is 2.58. The fourth-order valence-corrected chi connectivity index (χ4v) is 1.88. The number of hydrogen-bond acceptors (Lipinski definition) is 2. The molecule has 3 nitrogen and oxygen atoms in total. The third-order valence-corrected chi connectivity index (χ3v) is 2.96. The minimum Gasteiger partial charge on any atom is -0.342 e. The summed E-state index contributed by atoms with van der Waals surface area (Å²) in [6, 6.07) is 6.36. The standard InChI is InChI=1S/C13H19N3/c1-3-4-13-15-11-6-5-10(9(2)8-14)7-12(11)16-13/h5-7,9H,3-4,8,14H2,1-2H3,(H,15,16). The second kappa shape index (κ2) is 4.66. The molecule has 1 atom stereocenters. The Bertz CT molecular complexity index is 473. The Morgan fingerprint density at radius 1 is 1.44 bits per heavy atom. The number of nitrogens with one attached hydrogen (secondary N) is 1. The average Bonchev–Trinajstić information content (AvgIpc) is 2.69. The van der Waals surface area contributed by atoms with Crippen LogP contribution in [-0.2, 0) is 6.42 Å². The van der Waals surface area contributed by atoms with Crippen LogP contribution >= 0.6 is 0 Å². The van der Waals surface area contributed by atoms with Crippen LogP contribution in [0, 0.1) is 0 Å². The summed E-state index contributed by atoms with van der Waals surface area (Å²) in [6.07, 6.45) is 2.13. The van der Waals surface area contributed by atoms with Gasteiger partial charge in [0.1, 0.15) is 5.82 Å². The average molecular weight is 217 g/mol. The van der Waals surface area contributed by atoms with Gasteiger partial charge in [-0.25, -0.2) is 4.98 Å². The zero-order chi connectivity index (χ0) is 11.5. The van der Waals surface area contributed by atoms with Crippen molar-refractivity contribution < 1.29 is 0 Å². The summed E-state index contributed by atoms with van der Waals surface area (Å²) < 4.78 is 0. The summed E-state index contributed by atoms with van der Waals surface area (Å²) in [5, 5.41) is 0. The summed E-state index contributed by atoms with van der Waals surface area (Å²) in [7, 11) is 0. The molecule has 2 rings (SSSR count). The second-order valence-electron chi connectivity index (χ2n) is 4.35. The molecule has 0 fully saturated rings. The quantitative estimate of drug-likeness (QED) is 0.827. The highest BCUT2D eigenvalue weighted by atomic mass is 14.9. The van der Waals surface area contributed by atoms with Crippen molar-refractivity contribution in [1.82, 2.24) is 9.97 Å². The van der Waals surface area contributed by atoms with E-state index in [-0.39, 0.29) is 0 Å². The predicted molar refractivity (Wildman–Crippen MR) is 67.6 cm³/mol. The molecule has 1 aromatic heterocycles. The molecule has 1 heterocycles. The van der Waals surface area contributed by atoms with Crippen LogP contribution in [0.4, 0.5) is 0 Å². The van der Waals surface area contributed by atoms with Crippen molar-refractivity contribution in [2.45, 2.75) is 32.6 Å². The van der Waals surface area contributed by atoms with Crippen molar-refractivity contribution in [2.24, 2.45) is 5.73 Å². The van der Waals surface area contributed by atoms with Gasteiger partial charge in [-0.2, -0.15) is 0 Å². The number of H-pyrrole nitrogens is 1. The van der Waals surface area contributed by atoms with Crippen molar-refractivity contribution in [3.63, 3.8) is 0 Å². The molecule has 0 spiro atoms. The molecule has 2 aromatic rings. The van der Waals surface area contributed by atoms with E-state index in [4.69, 9.17) is 5.73 Å². The Hall–Kier alpha value is -1.35. The highest BCUT2D eigenvalue weighted by molar-refractivity contribution is 5.76. The van der Waals surface area contributed by atoms with E-state index in [1.54, 1.807) is 0 Å². The Morgan fingerprint density at radius 2 is 2.25 bits per heavy atom. The van der Waals surface area contributed by atoms with Crippen LogP contribution in [-0.4, -0.2) is 16.5 Å². The van der Waals surface area contributed by atoms with Crippen molar-refractivity contribution in [2.75, 3.05) is 6.54 Å². The summed E-state index contributed by atoms with van der Waals surface area (Å²) in [5.41, 5.74) is 9.13. The van der Waals surface area contributed by atoms with Crippen LogP contribution in [0.15, 0.2) is 18.2 Å². The van der Waals surface area contributed by atoms with Crippen molar-refractivity contribution in [3.05, 3.63) is 29.6 Å². The Morgan fingerprint density at radius 3 is 2.94 bits per heavy atom. The number of aryl methyl sites for hydroxylation is 1. The van der Waals surface area contributed by atoms with Crippen LogP contribution in [0.2, 0.25) is 0 Å². The molecule has 0 bridgehead atoms. The smallest absolute Gasteiger partial charge is 0.107 e. The van der Waals surface area contributed by atoms with Gasteiger partial charge < -0.3 is 10.7 Å². The molecule has 0 radical (unpaired) electrons. The molecule has 86 valence electrons.